The molecule has 0 saturated carbocycles. The van der Waals surface area contributed by atoms with Crippen LogP contribution in [0, 0.1) is 12.8 Å². The zero-order chi connectivity index (χ0) is 16.0. The Labute approximate surface area is 125 Å². The number of hydrazine groups is 1. The molecular weight excluding hydrogens is 268 g/mol. The highest BCUT2D eigenvalue weighted by Gasteiger charge is 2.23. The minimum absolute atomic E-state index is 0.0521. The molecule has 0 radical (unpaired) electrons. The zero-order valence-corrected chi connectivity index (χ0v) is 12.9. The molecule has 116 valence electrons. The van der Waals surface area contributed by atoms with E-state index in [0.29, 0.717) is 0 Å². The lowest BCUT2D eigenvalue weighted by atomic mass is 10.0. The van der Waals surface area contributed by atoms with Crippen LogP contribution in [0.5, 0.6) is 0 Å². The highest BCUT2D eigenvalue weighted by Crippen LogP contribution is 2.07. The van der Waals surface area contributed by atoms with Gasteiger partial charge in [-0.2, -0.15) is 0 Å². The van der Waals surface area contributed by atoms with Crippen LogP contribution < -0.4 is 21.9 Å². The Morgan fingerprint density at radius 3 is 2.14 bits per heavy atom. The molecule has 0 bridgehead atoms. The summed E-state index contributed by atoms with van der Waals surface area (Å²) in [6.45, 7) is 7.37. The molecule has 1 rings (SSSR count). The third kappa shape index (κ3) is 5.43. The predicted octanol–water partition coefficient (Wildman–Crippen LogP) is 0.926. The Balaban J connectivity index is 2.50. The molecule has 21 heavy (non-hydrogen) atoms. The van der Waals surface area contributed by atoms with E-state index in [4.69, 9.17) is 5.73 Å². The van der Waals surface area contributed by atoms with Gasteiger partial charge in [-0.3, -0.25) is 9.59 Å². The fourth-order valence-corrected chi connectivity index (χ4v) is 1.74. The van der Waals surface area contributed by atoms with Crippen LogP contribution in [-0.2, 0) is 9.59 Å². The number of anilines is 1. The summed E-state index contributed by atoms with van der Waals surface area (Å²) < 4.78 is 0. The summed E-state index contributed by atoms with van der Waals surface area (Å²) in [4.78, 5) is 23.3. The molecule has 0 heterocycles. The Bertz CT molecular complexity index is 485. The Kier molecular flexibility index (Phi) is 6.17. The van der Waals surface area contributed by atoms with E-state index in [9.17, 15) is 9.59 Å². The van der Waals surface area contributed by atoms with Crippen molar-refractivity contribution in [3.8, 4) is 0 Å². The van der Waals surface area contributed by atoms with Gasteiger partial charge in [0.25, 0.3) is 0 Å². The number of carbonyl (C=O) groups is 2. The first-order valence-electron chi connectivity index (χ1n) is 6.99. The number of amides is 2. The number of nitrogens with one attached hydrogen (secondary N) is 3. The van der Waals surface area contributed by atoms with Crippen molar-refractivity contribution >= 4 is 17.5 Å². The van der Waals surface area contributed by atoms with Gasteiger partial charge in [-0.15, -0.1) is 0 Å². The van der Waals surface area contributed by atoms with Crippen molar-refractivity contribution in [3.05, 3.63) is 29.8 Å². The van der Waals surface area contributed by atoms with Crippen LogP contribution in [0.3, 0.4) is 0 Å². The maximum Gasteiger partial charge on any atom is 0.240 e. The predicted molar refractivity (Wildman–Crippen MR) is 83.4 cm³/mol. The lowest BCUT2D eigenvalue weighted by Gasteiger charge is -2.22. The molecular formula is C15H24N4O2. The van der Waals surface area contributed by atoms with Gasteiger partial charge in [-0.1, -0.05) is 31.5 Å². The van der Waals surface area contributed by atoms with Crippen LogP contribution in [0.4, 0.5) is 5.69 Å². The fraction of sp³-hybridized carbons (Fsp3) is 0.467. The molecule has 1 aromatic rings. The van der Waals surface area contributed by atoms with Crippen LogP contribution in [0.1, 0.15) is 26.3 Å². The molecule has 0 aromatic heterocycles. The number of hydrogen-bond acceptors (Lipinski definition) is 4. The highest BCUT2D eigenvalue weighted by atomic mass is 16.2. The quantitative estimate of drug-likeness (QED) is 0.562. The van der Waals surface area contributed by atoms with Gasteiger partial charge < -0.3 is 16.5 Å². The van der Waals surface area contributed by atoms with Crippen LogP contribution in [0.2, 0.25) is 0 Å². The fourth-order valence-electron chi connectivity index (χ4n) is 1.74. The summed E-state index contributed by atoms with van der Waals surface area (Å²) >= 11 is 0. The monoisotopic (exact) mass is 292 g/mol. The molecule has 0 aliphatic heterocycles. The Morgan fingerprint density at radius 2 is 1.67 bits per heavy atom. The zero-order valence-electron chi connectivity index (χ0n) is 12.9. The molecule has 2 amide bonds. The first-order chi connectivity index (χ1) is 9.81. The minimum atomic E-state index is -0.666. The normalized spacial score (nSPS) is 13.6. The van der Waals surface area contributed by atoms with E-state index in [1.807, 2.05) is 45.0 Å². The number of rotatable bonds is 7. The number of aryl methyl sites for hydroxylation is 1. The molecule has 0 saturated heterocycles. The van der Waals surface area contributed by atoms with Crippen LogP contribution in [0.15, 0.2) is 24.3 Å². The van der Waals surface area contributed by atoms with Gasteiger partial charge >= 0.3 is 0 Å². The number of carbonyl (C=O) groups excluding carboxylic acids is 2. The number of primary amides is 1. The average Bonchev–Trinajstić information content (AvgIpc) is 2.42. The lowest BCUT2D eigenvalue weighted by molar-refractivity contribution is -0.129. The Morgan fingerprint density at radius 1 is 1.10 bits per heavy atom. The molecule has 0 aliphatic rings. The van der Waals surface area contributed by atoms with E-state index in [2.05, 4.69) is 16.2 Å². The smallest absolute Gasteiger partial charge is 0.240 e. The van der Waals surface area contributed by atoms with Crippen molar-refractivity contribution in [1.29, 1.82) is 0 Å². The van der Waals surface area contributed by atoms with Crippen LogP contribution >= 0.6 is 0 Å². The molecule has 0 aliphatic carbocycles. The van der Waals surface area contributed by atoms with Gasteiger partial charge in [0.2, 0.25) is 11.8 Å². The van der Waals surface area contributed by atoms with Crippen molar-refractivity contribution in [2.24, 2.45) is 11.7 Å². The summed E-state index contributed by atoms with van der Waals surface area (Å²) in [5, 5.41) is 2.65. The van der Waals surface area contributed by atoms with Crippen LogP contribution in [0.25, 0.3) is 0 Å². The second kappa shape index (κ2) is 7.64. The lowest BCUT2D eigenvalue weighted by Crippen LogP contribution is -2.53. The van der Waals surface area contributed by atoms with Crippen molar-refractivity contribution < 1.29 is 9.59 Å². The van der Waals surface area contributed by atoms with E-state index in [1.54, 1.807) is 6.92 Å². The number of nitrogens with two attached hydrogens (primary N) is 1. The van der Waals surface area contributed by atoms with Gasteiger partial charge in [-0.25, -0.2) is 5.43 Å². The molecule has 2 unspecified atom stereocenters. The van der Waals surface area contributed by atoms with Crippen molar-refractivity contribution in [3.63, 3.8) is 0 Å². The summed E-state index contributed by atoms with van der Waals surface area (Å²) in [6, 6.07) is 6.58. The van der Waals surface area contributed by atoms with Crippen LogP contribution in [-0.4, -0.2) is 23.9 Å². The second-order valence-electron chi connectivity index (χ2n) is 5.49. The highest BCUT2D eigenvalue weighted by molar-refractivity contribution is 5.89. The van der Waals surface area contributed by atoms with Gasteiger partial charge in [0.05, 0.1) is 0 Å². The minimum Gasteiger partial charge on any atom is -0.368 e. The first-order valence-corrected chi connectivity index (χ1v) is 6.99. The summed E-state index contributed by atoms with van der Waals surface area (Å²) in [6.07, 6.45) is 0. The molecule has 2 atom stereocenters. The molecule has 6 heteroatoms. The van der Waals surface area contributed by atoms with E-state index in [-0.39, 0.29) is 11.8 Å². The summed E-state index contributed by atoms with van der Waals surface area (Å²) in [7, 11) is 0. The van der Waals surface area contributed by atoms with E-state index < -0.39 is 18.0 Å². The molecule has 1 aromatic carbocycles. The van der Waals surface area contributed by atoms with E-state index in [0.717, 1.165) is 11.3 Å². The summed E-state index contributed by atoms with van der Waals surface area (Å²) in [5.74, 6) is -0.868. The van der Waals surface area contributed by atoms with Gasteiger partial charge in [0.15, 0.2) is 0 Å². The second-order valence-corrected chi connectivity index (χ2v) is 5.49. The van der Waals surface area contributed by atoms with Gasteiger partial charge in [0.1, 0.15) is 12.1 Å². The SMILES string of the molecule is Cc1ccc(NNC(C)C(=O)NC(C(N)=O)C(C)C)cc1. The van der Waals surface area contributed by atoms with Crippen molar-refractivity contribution in [1.82, 2.24) is 10.7 Å². The summed E-state index contributed by atoms with van der Waals surface area (Å²) in [5.41, 5.74) is 13.1. The van der Waals surface area contributed by atoms with Crippen molar-refractivity contribution in [2.45, 2.75) is 39.8 Å². The maximum absolute atomic E-state index is 12.0. The standard InChI is InChI=1S/C15H24N4O2/c1-9(2)13(14(16)20)17-15(21)11(4)18-19-12-7-5-10(3)6-8-12/h5-9,11,13,18-19H,1-4H3,(H2,16,20)(H,17,21). The van der Waals surface area contributed by atoms with Crippen molar-refractivity contribution in [2.75, 3.05) is 5.43 Å². The number of hydrogen-bond donors (Lipinski definition) is 4. The first kappa shape index (κ1) is 17.0. The Hall–Kier alpha value is -2.08. The number of benzene rings is 1. The molecule has 6 nitrogen and oxygen atoms in total. The third-order valence-electron chi connectivity index (χ3n) is 3.15. The van der Waals surface area contributed by atoms with E-state index in [1.165, 1.54) is 0 Å². The molecule has 0 fully saturated rings. The molecule has 0 spiro atoms. The third-order valence-corrected chi connectivity index (χ3v) is 3.15. The average molecular weight is 292 g/mol. The van der Waals surface area contributed by atoms with Gasteiger partial charge in [0, 0.05) is 5.69 Å². The van der Waals surface area contributed by atoms with E-state index >= 15 is 0 Å². The maximum atomic E-state index is 12.0. The topological polar surface area (TPSA) is 96.2 Å². The van der Waals surface area contributed by atoms with Gasteiger partial charge in [-0.05, 0) is 31.9 Å². The largest absolute Gasteiger partial charge is 0.368 e. The molecule has 5 N–H and O–H groups in total.